The molecule has 1 N–H and O–H groups in total. The van der Waals surface area contributed by atoms with Crippen molar-refractivity contribution in [3.05, 3.63) is 78.4 Å². The SMILES string of the molecule is COC(=O)/C=C/c1c(-c2ccc3ccccc3c2)[nH]c2ccccc12. The molecule has 4 aromatic rings. The zero-order chi connectivity index (χ0) is 17.2. The van der Waals surface area contributed by atoms with Crippen LogP contribution < -0.4 is 0 Å². The van der Waals surface area contributed by atoms with Gasteiger partial charge in [-0.15, -0.1) is 0 Å². The second-order valence-corrected chi connectivity index (χ2v) is 5.88. The first-order valence-corrected chi connectivity index (χ1v) is 8.12. The number of para-hydroxylation sites is 1. The summed E-state index contributed by atoms with van der Waals surface area (Å²) in [6.07, 6.45) is 3.27. The van der Waals surface area contributed by atoms with E-state index in [1.165, 1.54) is 24.0 Å². The van der Waals surface area contributed by atoms with Crippen LogP contribution in [0.4, 0.5) is 0 Å². The van der Waals surface area contributed by atoms with Crippen molar-refractivity contribution >= 4 is 33.7 Å². The number of H-pyrrole nitrogens is 1. The summed E-state index contributed by atoms with van der Waals surface area (Å²) in [7, 11) is 1.38. The van der Waals surface area contributed by atoms with Gasteiger partial charge in [-0.05, 0) is 34.5 Å². The molecule has 0 saturated carbocycles. The van der Waals surface area contributed by atoms with Crippen LogP contribution in [0.15, 0.2) is 72.8 Å². The average molecular weight is 327 g/mol. The molecular weight excluding hydrogens is 310 g/mol. The minimum Gasteiger partial charge on any atom is -0.466 e. The fraction of sp³-hybridized carbons (Fsp3) is 0.0455. The van der Waals surface area contributed by atoms with E-state index in [4.69, 9.17) is 4.74 Å². The van der Waals surface area contributed by atoms with Crippen molar-refractivity contribution in [2.75, 3.05) is 7.11 Å². The maximum atomic E-state index is 11.5. The fourth-order valence-electron chi connectivity index (χ4n) is 3.13. The molecule has 0 radical (unpaired) electrons. The van der Waals surface area contributed by atoms with Crippen molar-refractivity contribution in [1.29, 1.82) is 0 Å². The summed E-state index contributed by atoms with van der Waals surface area (Å²) in [5.74, 6) is -0.366. The van der Waals surface area contributed by atoms with Gasteiger partial charge in [0.2, 0.25) is 0 Å². The summed E-state index contributed by atoms with van der Waals surface area (Å²) in [4.78, 5) is 15.0. The number of aromatic nitrogens is 1. The minimum absolute atomic E-state index is 0.366. The Morgan fingerprint density at radius 2 is 1.72 bits per heavy atom. The first kappa shape index (κ1) is 15.2. The molecule has 3 nitrogen and oxygen atoms in total. The van der Waals surface area contributed by atoms with E-state index in [-0.39, 0.29) is 5.97 Å². The highest BCUT2D eigenvalue weighted by molar-refractivity contribution is 6.00. The number of methoxy groups -OCH3 is 1. The predicted molar refractivity (Wildman–Crippen MR) is 102 cm³/mol. The highest BCUT2D eigenvalue weighted by Gasteiger charge is 2.11. The number of aromatic amines is 1. The van der Waals surface area contributed by atoms with E-state index in [2.05, 4.69) is 35.3 Å². The summed E-state index contributed by atoms with van der Waals surface area (Å²) >= 11 is 0. The molecule has 0 aliphatic carbocycles. The van der Waals surface area contributed by atoms with Crippen molar-refractivity contribution in [3.8, 4) is 11.3 Å². The molecule has 0 spiro atoms. The van der Waals surface area contributed by atoms with Crippen LogP contribution in [0, 0.1) is 0 Å². The van der Waals surface area contributed by atoms with Crippen molar-refractivity contribution in [3.63, 3.8) is 0 Å². The molecule has 0 bridgehead atoms. The third-order valence-corrected chi connectivity index (χ3v) is 4.37. The molecule has 0 unspecified atom stereocenters. The molecule has 0 fully saturated rings. The van der Waals surface area contributed by atoms with Crippen LogP contribution in [0.3, 0.4) is 0 Å². The maximum Gasteiger partial charge on any atom is 0.330 e. The molecule has 3 aromatic carbocycles. The molecule has 3 heteroatoms. The first-order chi connectivity index (χ1) is 12.3. The van der Waals surface area contributed by atoms with Crippen molar-refractivity contribution < 1.29 is 9.53 Å². The van der Waals surface area contributed by atoms with E-state index in [0.717, 1.165) is 27.7 Å². The van der Waals surface area contributed by atoms with E-state index < -0.39 is 0 Å². The monoisotopic (exact) mass is 327 g/mol. The number of fused-ring (bicyclic) bond motifs is 2. The Hall–Kier alpha value is -3.33. The van der Waals surface area contributed by atoms with Gasteiger partial charge in [-0.1, -0.05) is 54.6 Å². The Kier molecular flexibility index (Phi) is 3.82. The number of carbonyl (C=O) groups is 1. The number of ether oxygens (including phenoxy) is 1. The second kappa shape index (κ2) is 6.29. The van der Waals surface area contributed by atoms with Crippen molar-refractivity contribution in [1.82, 2.24) is 4.98 Å². The standard InChI is InChI=1S/C22H17NO2/c1-25-21(24)13-12-19-18-8-4-5-9-20(18)23-22(19)17-11-10-15-6-2-3-7-16(15)14-17/h2-14,23H,1H3/b13-12+. The van der Waals surface area contributed by atoms with E-state index >= 15 is 0 Å². The Bertz CT molecular complexity index is 1110. The van der Waals surface area contributed by atoms with Crippen LogP contribution in [-0.2, 0) is 9.53 Å². The molecule has 0 atom stereocenters. The lowest BCUT2D eigenvalue weighted by Crippen LogP contribution is -1.93. The van der Waals surface area contributed by atoms with Crippen molar-refractivity contribution in [2.45, 2.75) is 0 Å². The molecule has 4 rings (SSSR count). The van der Waals surface area contributed by atoms with E-state index in [1.54, 1.807) is 0 Å². The third kappa shape index (κ3) is 2.81. The van der Waals surface area contributed by atoms with Gasteiger partial charge in [-0.25, -0.2) is 4.79 Å². The zero-order valence-electron chi connectivity index (χ0n) is 13.8. The van der Waals surface area contributed by atoms with Gasteiger partial charge in [0.05, 0.1) is 12.8 Å². The lowest BCUT2D eigenvalue weighted by atomic mass is 10.0. The van der Waals surface area contributed by atoms with Crippen LogP contribution >= 0.6 is 0 Å². The number of hydrogen-bond donors (Lipinski definition) is 1. The number of benzene rings is 3. The Labute approximate surface area is 145 Å². The molecule has 0 saturated heterocycles. The summed E-state index contributed by atoms with van der Waals surface area (Å²) in [5.41, 5.74) is 4.10. The topological polar surface area (TPSA) is 42.1 Å². The van der Waals surface area contributed by atoms with Gasteiger partial charge < -0.3 is 9.72 Å². The average Bonchev–Trinajstić information content (AvgIpc) is 3.04. The molecule has 0 amide bonds. The molecular formula is C22H17NO2. The highest BCUT2D eigenvalue weighted by Crippen LogP contribution is 2.33. The Balaban J connectivity index is 1.93. The number of esters is 1. The maximum absolute atomic E-state index is 11.5. The second-order valence-electron chi connectivity index (χ2n) is 5.88. The van der Waals surface area contributed by atoms with Crippen LogP contribution in [-0.4, -0.2) is 18.1 Å². The van der Waals surface area contributed by atoms with Crippen molar-refractivity contribution in [2.24, 2.45) is 0 Å². The van der Waals surface area contributed by atoms with Gasteiger partial charge in [-0.3, -0.25) is 0 Å². The summed E-state index contributed by atoms with van der Waals surface area (Å²) in [5, 5.41) is 3.46. The molecule has 0 aliphatic rings. The quantitative estimate of drug-likeness (QED) is 0.416. The Morgan fingerprint density at radius 3 is 2.56 bits per heavy atom. The van der Waals surface area contributed by atoms with E-state index in [9.17, 15) is 4.79 Å². The van der Waals surface area contributed by atoms with Gasteiger partial charge >= 0.3 is 5.97 Å². The molecule has 122 valence electrons. The lowest BCUT2D eigenvalue weighted by Gasteiger charge is -2.04. The van der Waals surface area contributed by atoms with Gasteiger partial charge in [0.15, 0.2) is 0 Å². The van der Waals surface area contributed by atoms with Crippen LogP contribution in [0.2, 0.25) is 0 Å². The lowest BCUT2D eigenvalue weighted by molar-refractivity contribution is -0.134. The molecule has 1 heterocycles. The highest BCUT2D eigenvalue weighted by atomic mass is 16.5. The summed E-state index contributed by atoms with van der Waals surface area (Å²) in [6.45, 7) is 0. The number of rotatable bonds is 3. The van der Waals surface area contributed by atoms with E-state index in [1.807, 2.05) is 42.5 Å². The number of hydrogen-bond acceptors (Lipinski definition) is 2. The minimum atomic E-state index is -0.366. The smallest absolute Gasteiger partial charge is 0.330 e. The van der Waals surface area contributed by atoms with E-state index in [0.29, 0.717) is 0 Å². The summed E-state index contributed by atoms with van der Waals surface area (Å²) in [6, 6.07) is 22.7. The molecule has 0 aliphatic heterocycles. The normalized spacial score (nSPS) is 11.4. The first-order valence-electron chi connectivity index (χ1n) is 8.12. The van der Waals surface area contributed by atoms with Gasteiger partial charge in [0.25, 0.3) is 0 Å². The van der Waals surface area contributed by atoms with Crippen LogP contribution in [0.25, 0.3) is 39.0 Å². The van der Waals surface area contributed by atoms with Gasteiger partial charge in [0, 0.05) is 22.5 Å². The third-order valence-electron chi connectivity index (χ3n) is 4.37. The summed E-state index contributed by atoms with van der Waals surface area (Å²) < 4.78 is 4.73. The van der Waals surface area contributed by atoms with Crippen LogP contribution in [0.1, 0.15) is 5.56 Å². The van der Waals surface area contributed by atoms with Crippen LogP contribution in [0.5, 0.6) is 0 Å². The van der Waals surface area contributed by atoms with Gasteiger partial charge in [0.1, 0.15) is 0 Å². The molecule has 1 aromatic heterocycles. The predicted octanol–water partition coefficient (Wildman–Crippen LogP) is 5.17. The molecule has 25 heavy (non-hydrogen) atoms. The zero-order valence-corrected chi connectivity index (χ0v) is 13.8. The number of nitrogens with one attached hydrogen (secondary N) is 1. The Morgan fingerprint density at radius 1 is 0.960 bits per heavy atom. The van der Waals surface area contributed by atoms with Gasteiger partial charge in [-0.2, -0.15) is 0 Å². The fourth-order valence-corrected chi connectivity index (χ4v) is 3.13. The largest absolute Gasteiger partial charge is 0.466 e. The number of carbonyl (C=O) groups excluding carboxylic acids is 1.